The van der Waals surface area contributed by atoms with Crippen molar-refractivity contribution in [3.63, 3.8) is 0 Å². The Morgan fingerprint density at radius 2 is 2.11 bits per heavy atom. The molecule has 0 unspecified atom stereocenters. The maximum Gasteiger partial charge on any atom is 0.328 e. The molecule has 1 aromatic rings. The Kier molecular flexibility index (Phi) is 4.94. The first kappa shape index (κ1) is 14.3. The Morgan fingerprint density at radius 3 is 2.67 bits per heavy atom. The van der Waals surface area contributed by atoms with Crippen LogP contribution in [0.25, 0.3) is 0 Å². The number of carboxylic acids is 1. The van der Waals surface area contributed by atoms with E-state index in [1.54, 1.807) is 25.1 Å². The molecule has 0 aliphatic rings. The summed E-state index contributed by atoms with van der Waals surface area (Å²) in [6.45, 7) is 1.09. The van der Waals surface area contributed by atoms with Crippen molar-refractivity contribution in [1.29, 1.82) is 0 Å². The molecule has 0 fully saturated rings. The zero-order valence-electron chi connectivity index (χ0n) is 9.61. The molecular weight excluding hydrogens is 260 g/mol. The van der Waals surface area contributed by atoms with Crippen LogP contribution in [-0.4, -0.2) is 34.9 Å². The average molecular weight is 273 g/mol. The zero-order chi connectivity index (χ0) is 13.7. The number of hydrogen-bond acceptors (Lipinski definition) is 3. The fourth-order valence-corrected chi connectivity index (χ4v) is 1.42. The van der Waals surface area contributed by atoms with E-state index in [9.17, 15) is 9.59 Å². The first-order valence-corrected chi connectivity index (χ1v) is 5.49. The Labute approximate surface area is 109 Å². The van der Waals surface area contributed by atoms with E-state index < -0.39 is 24.6 Å². The highest BCUT2D eigenvalue weighted by Gasteiger charge is 2.19. The van der Waals surface area contributed by atoms with Gasteiger partial charge in [-0.15, -0.1) is 0 Å². The maximum atomic E-state index is 11.5. The second-order valence-electron chi connectivity index (χ2n) is 3.61. The van der Waals surface area contributed by atoms with Gasteiger partial charge in [0.2, 0.25) is 0 Å². The van der Waals surface area contributed by atoms with E-state index in [0.29, 0.717) is 10.7 Å². The van der Waals surface area contributed by atoms with Crippen molar-refractivity contribution in [3.05, 3.63) is 28.8 Å². The highest BCUT2D eigenvalue weighted by Crippen LogP contribution is 2.24. The number of carbonyl (C=O) groups is 2. The van der Waals surface area contributed by atoms with Gasteiger partial charge < -0.3 is 20.8 Å². The molecule has 1 aromatic carbocycles. The number of carboxylic acid groups (broad SMARTS) is 1. The Balaban J connectivity index is 2.70. The smallest absolute Gasteiger partial charge is 0.328 e. The largest absolute Gasteiger partial charge is 0.480 e. The lowest BCUT2D eigenvalue weighted by atomic mass is 10.2. The molecule has 0 aromatic heterocycles. The van der Waals surface area contributed by atoms with Crippen LogP contribution in [0.4, 0.5) is 10.5 Å². The van der Waals surface area contributed by atoms with Crippen molar-refractivity contribution in [2.45, 2.75) is 13.0 Å². The highest BCUT2D eigenvalue weighted by atomic mass is 35.5. The van der Waals surface area contributed by atoms with Gasteiger partial charge in [-0.25, -0.2) is 9.59 Å². The van der Waals surface area contributed by atoms with Gasteiger partial charge in [-0.05, 0) is 18.6 Å². The van der Waals surface area contributed by atoms with Crippen LogP contribution in [0.5, 0.6) is 0 Å². The van der Waals surface area contributed by atoms with Gasteiger partial charge in [0.1, 0.15) is 0 Å². The maximum absolute atomic E-state index is 11.5. The summed E-state index contributed by atoms with van der Waals surface area (Å²) in [5.41, 5.74) is 1.16. The predicted molar refractivity (Wildman–Crippen MR) is 66.9 cm³/mol. The highest BCUT2D eigenvalue weighted by molar-refractivity contribution is 6.34. The number of hydrogen-bond donors (Lipinski definition) is 4. The summed E-state index contributed by atoms with van der Waals surface area (Å²) < 4.78 is 0. The molecule has 0 spiro atoms. The lowest BCUT2D eigenvalue weighted by Crippen LogP contribution is -2.45. The number of aryl methyl sites for hydroxylation is 1. The number of aliphatic hydroxyl groups is 1. The number of nitrogens with one attached hydrogen (secondary N) is 2. The number of carbonyl (C=O) groups excluding carboxylic acids is 1. The van der Waals surface area contributed by atoms with Crippen LogP contribution in [0.1, 0.15) is 5.56 Å². The van der Waals surface area contributed by atoms with E-state index in [1.807, 2.05) is 0 Å². The van der Waals surface area contributed by atoms with Crippen LogP contribution in [0.3, 0.4) is 0 Å². The van der Waals surface area contributed by atoms with Crippen LogP contribution >= 0.6 is 11.6 Å². The van der Waals surface area contributed by atoms with Gasteiger partial charge >= 0.3 is 12.0 Å². The summed E-state index contributed by atoms with van der Waals surface area (Å²) in [4.78, 5) is 22.1. The molecule has 7 heteroatoms. The summed E-state index contributed by atoms with van der Waals surface area (Å²) in [6, 6.07) is 2.97. The van der Waals surface area contributed by atoms with Crippen molar-refractivity contribution in [3.8, 4) is 0 Å². The molecule has 2 amide bonds. The topological polar surface area (TPSA) is 98.7 Å². The number of anilines is 1. The Bertz CT molecular complexity index is 464. The number of urea groups is 1. The molecule has 0 saturated heterocycles. The van der Waals surface area contributed by atoms with E-state index >= 15 is 0 Å². The molecule has 0 heterocycles. The zero-order valence-corrected chi connectivity index (χ0v) is 10.4. The molecule has 4 N–H and O–H groups in total. The molecule has 18 heavy (non-hydrogen) atoms. The summed E-state index contributed by atoms with van der Waals surface area (Å²) >= 11 is 5.96. The molecule has 0 aliphatic heterocycles. The second-order valence-corrected chi connectivity index (χ2v) is 3.99. The molecule has 6 nitrogen and oxygen atoms in total. The van der Waals surface area contributed by atoms with Crippen LogP contribution in [0.2, 0.25) is 5.02 Å². The predicted octanol–water partition coefficient (Wildman–Crippen LogP) is 1.22. The van der Waals surface area contributed by atoms with Gasteiger partial charge in [-0.2, -0.15) is 0 Å². The molecule has 0 aliphatic carbocycles. The fraction of sp³-hybridized carbons (Fsp3) is 0.273. The summed E-state index contributed by atoms with van der Waals surface area (Å²) in [6.07, 6.45) is 0. The number of halogens is 1. The van der Waals surface area contributed by atoms with Gasteiger partial charge in [0, 0.05) is 0 Å². The fourth-order valence-electron chi connectivity index (χ4n) is 1.25. The van der Waals surface area contributed by atoms with E-state index in [-0.39, 0.29) is 0 Å². The minimum absolute atomic E-state index is 0.372. The van der Waals surface area contributed by atoms with Crippen LogP contribution < -0.4 is 10.6 Å². The lowest BCUT2D eigenvalue weighted by Gasteiger charge is -2.13. The Morgan fingerprint density at radius 1 is 1.44 bits per heavy atom. The van der Waals surface area contributed by atoms with Gasteiger partial charge in [-0.1, -0.05) is 23.7 Å². The van der Waals surface area contributed by atoms with E-state index in [2.05, 4.69) is 10.6 Å². The normalized spacial score (nSPS) is 11.7. The summed E-state index contributed by atoms with van der Waals surface area (Å²) in [7, 11) is 0. The summed E-state index contributed by atoms with van der Waals surface area (Å²) in [5, 5.41) is 22.3. The van der Waals surface area contributed by atoms with Crippen molar-refractivity contribution < 1.29 is 19.8 Å². The third-order valence-electron chi connectivity index (χ3n) is 2.23. The molecule has 1 rings (SSSR count). The number of rotatable bonds is 4. The minimum Gasteiger partial charge on any atom is -0.480 e. The van der Waals surface area contributed by atoms with Gasteiger partial charge in [0.05, 0.1) is 17.3 Å². The van der Waals surface area contributed by atoms with Crippen molar-refractivity contribution >= 4 is 29.3 Å². The molecule has 98 valence electrons. The molecule has 1 atom stereocenters. The SMILES string of the molecule is Cc1cccc(NC(=O)N[C@H](CO)C(=O)O)c1Cl. The van der Waals surface area contributed by atoms with Crippen LogP contribution in [-0.2, 0) is 4.79 Å². The lowest BCUT2D eigenvalue weighted by molar-refractivity contribution is -0.140. The number of benzene rings is 1. The number of aliphatic hydroxyl groups excluding tert-OH is 1. The average Bonchev–Trinajstić information content (AvgIpc) is 2.31. The Hall–Kier alpha value is -1.79. The molecular formula is C11H13ClN2O4. The third-order valence-corrected chi connectivity index (χ3v) is 2.73. The van der Waals surface area contributed by atoms with Crippen LogP contribution in [0.15, 0.2) is 18.2 Å². The summed E-state index contributed by atoms with van der Waals surface area (Å²) in [5.74, 6) is -1.32. The van der Waals surface area contributed by atoms with Crippen molar-refractivity contribution in [2.24, 2.45) is 0 Å². The number of amides is 2. The first-order chi connectivity index (χ1) is 8.45. The van der Waals surface area contributed by atoms with Crippen molar-refractivity contribution in [2.75, 3.05) is 11.9 Å². The molecule has 0 bridgehead atoms. The standard InChI is InChI=1S/C11H13ClN2O4/c1-6-3-2-4-7(9(6)12)13-11(18)14-8(5-15)10(16)17/h2-4,8,15H,5H2,1H3,(H,16,17)(H2,13,14,18)/t8-/m1/s1. The van der Waals surface area contributed by atoms with Gasteiger partial charge in [-0.3, -0.25) is 0 Å². The van der Waals surface area contributed by atoms with Gasteiger partial charge in [0.25, 0.3) is 0 Å². The monoisotopic (exact) mass is 272 g/mol. The van der Waals surface area contributed by atoms with E-state index in [4.69, 9.17) is 21.8 Å². The van der Waals surface area contributed by atoms with Gasteiger partial charge in [0.15, 0.2) is 6.04 Å². The third kappa shape index (κ3) is 3.61. The number of aliphatic carboxylic acids is 1. The quantitative estimate of drug-likeness (QED) is 0.662. The van der Waals surface area contributed by atoms with Crippen LogP contribution in [0, 0.1) is 6.92 Å². The second kappa shape index (κ2) is 6.23. The molecule has 0 saturated carbocycles. The van der Waals surface area contributed by atoms with E-state index in [1.165, 1.54) is 0 Å². The van der Waals surface area contributed by atoms with E-state index in [0.717, 1.165) is 5.56 Å². The molecule has 0 radical (unpaired) electrons. The first-order valence-electron chi connectivity index (χ1n) is 5.12. The minimum atomic E-state index is -1.35. The van der Waals surface area contributed by atoms with Crippen molar-refractivity contribution in [1.82, 2.24) is 5.32 Å².